The fourth-order valence-electron chi connectivity index (χ4n) is 2.40. The Kier molecular flexibility index (Phi) is 7.24. The van der Waals surface area contributed by atoms with Gasteiger partial charge in [-0.05, 0) is 36.2 Å². The molecule has 2 amide bonds. The lowest BCUT2D eigenvalue weighted by molar-refractivity contribution is -0.138. The third-order valence-electron chi connectivity index (χ3n) is 3.76. The molecule has 0 saturated heterocycles. The summed E-state index contributed by atoms with van der Waals surface area (Å²) in [6, 6.07) is 11.7. The molecule has 2 N–H and O–H groups in total. The van der Waals surface area contributed by atoms with Crippen LogP contribution in [-0.4, -0.2) is 24.9 Å². The lowest BCUT2D eigenvalue weighted by atomic mass is 10.1. The Balaban J connectivity index is 1.74. The molecule has 0 atom stereocenters. The minimum atomic E-state index is -4.61. The summed E-state index contributed by atoms with van der Waals surface area (Å²) in [5.41, 5.74) is -0.472. The molecule has 27 heavy (non-hydrogen) atoms. The SMILES string of the molecule is O=C(CCc1ccc(Cl)cc1)NCCNC(=O)c1ccccc1C(F)(F)F. The molecule has 0 unspecified atom stereocenters. The van der Waals surface area contributed by atoms with E-state index in [0.717, 1.165) is 17.7 Å². The quantitative estimate of drug-likeness (QED) is 0.696. The van der Waals surface area contributed by atoms with Crippen LogP contribution >= 0.6 is 11.6 Å². The fourth-order valence-corrected chi connectivity index (χ4v) is 2.52. The maximum absolute atomic E-state index is 12.9. The summed E-state index contributed by atoms with van der Waals surface area (Å²) >= 11 is 5.79. The molecule has 144 valence electrons. The first-order valence-corrected chi connectivity index (χ1v) is 8.61. The second-order valence-electron chi connectivity index (χ2n) is 5.78. The highest BCUT2D eigenvalue weighted by Gasteiger charge is 2.34. The molecule has 0 aromatic heterocycles. The van der Waals surface area contributed by atoms with E-state index < -0.39 is 23.2 Å². The minimum Gasteiger partial charge on any atom is -0.354 e. The van der Waals surface area contributed by atoms with Gasteiger partial charge in [0.05, 0.1) is 11.1 Å². The van der Waals surface area contributed by atoms with E-state index in [2.05, 4.69) is 10.6 Å². The van der Waals surface area contributed by atoms with Gasteiger partial charge >= 0.3 is 6.18 Å². The number of alkyl halides is 3. The Morgan fingerprint density at radius 1 is 0.926 bits per heavy atom. The molecule has 0 radical (unpaired) electrons. The summed E-state index contributed by atoms with van der Waals surface area (Å²) in [6.07, 6.45) is -3.81. The zero-order valence-corrected chi connectivity index (χ0v) is 15.0. The molecule has 0 aliphatic carbocycles. The molecule has 2 rings (SSSR count). The average Bonchev–Trinajstić information content (AvgIpc) is 2.64. The van der Waals surface area contributed by atoms with Crippen molar-refractivity contribution in [3.05, 3.63) is 70.2 Å². The van der Waals surface area contributed by atoms with Gasteiger partial charge in [-0.25, -0.2) is 0 Å². The van der Waals surface area contributed by atoms with Crippen LogP contribution in [0.15, 0.2) is 48.5 Å². The Morgan fingerprint density at radius 2 is 1.56 bits per heavy atom. The number of benzene rings is 2. The molecule has 0 bridgehead atoms. The van der Waals surface area contributed by atoms with Gasteiger partial charge in [-0.15, -0.1) is 0 Å². The smallest absolute Gasteiger partial charge is 0.354 e. The maximum Gasteiger partial charge on any atom is 0.417 e. The van der Waals surface area contributed by atoms with E-state index in [4.69, 9.17) is 11.6 Å². The summed E-state index contributed by atoms with van der Waals surface area (Å²) in [5, 5.41) is 5.61. The Morgan fingerprint density at radius 3 is 2.22 bits per heavy atom. The van der Waals surface area contributed by atoms with Crippen molar-refractivity contribution in [3.63, 3.8) is 0 Å². The maximum atomic E-state index is 12.9. The summed E-state index contributed by atoms with van der Waals surface area (Å²) in [4.78, 5) is 23.7. The summed E-state index contributed by atoms with van der Waals surface area (Å²) in [7, 11) is 0. The van der Waals surface area contributed by atoms with Gasteiger partial charge in [0.2, 0.25) is 5.91 Å². The van der Waals surface area contributed by atoms with E-state index >= 15 is 0 Å². The fraction of sp³-hybridized carbons (Fsp3) is 0.263. The van der Waals surface area contributed by atoms with Gasteiger partial charge in [-0.1, -0.05) is 35.9 Å². The van der Waals surface area contributed by atoms with Crippen molar-refractivity contribution in [3.8, 4) is 0 Å². The Labute approximate surface area is 159 Å². The van der Waals surface area contributed by atoms with Crippen LogP contribution in [0.4, 0.5) is 13.2 Å². The number of carbonyl (C=O) groups is 2. The van der Waals surface area contributed by atoms with E-state index in [0.29, 0.717) is 11.4 Å². The standard InChI is InChI=1S/C19H18ClF3N2O2/c20-14-8-5-13(6-9-14)7-10-17(26)24-11-12-25-18(27)15-3-1-2-4-16(15)19(21,22)23/h1-6,8-9H,7,10-12H2,(H,24,26)(H,25,27). The van der Waals surface area contributed by atoms with Gasteiger partial charge in [0.25, 0.3) is 5.91 Å². The molecule has 0 saturated carbocycles. The first-order chi connectivity index (χ1) is 12.8. The molecule has 8 heteroatoms. The largest absolute Gasteiger partial charge is 0.417 e. The predicted octanol–water partition coefficient (Wildman–Crippen LogP) is 3.84. The highest BCUT2D eigenvalue weighted by atomic mass is 35.5. The van der Waals surface area contributed by atoms with E-state index in [1.54, 1.807) is 12.1 Å². The summed E-state index contributed by atoms with van der Waals surface area (Å²) in [6.45, 7) is 0.150. The Hall–Kier alpha value is -2.54. The van der Waals surface area contributed by atoms with Crippen LogP contribution < -0.4 is 10.6 Å². The molecule has 0 aliphatic rings. The van der Waals surface area contributed by atoms with Crippen molar-refractivity contribution in [1.82, 2.24) is 10.6 Å². The molecule has 0 fully saturated rings. The van der Waals surface area contributed by atoms with Crippen molar-refractivity contribution in [2.24, 2.45) is 0 Å². The number of carbonyl (C=O) groups excluding carboxylic acids is 2. The number of hydrogen-bond donors (Lipinski definition) is 2. The van der Waals surface area contributed by atoms with E-state index in [1.807, 2.05) is 12.1 Å². The van der Waals surface area contributed by atoms with Crippen LogP contribution in [0, 0.1) is 0 Å². The Bertz CT molecular complexity index is 792. The molecule has 0 aliphatic heterocycles. The molecule has 2 aromatic carbocycles. The van der Waals surface area contributed by atoms with Crippen molar-refractivity contribution in [2.75, 3.05) is 13.1 Å². The van der Waals surface area contributed by atoms with Crippen LogP contribution in [0.1, 0.15) is 27.9 Å². The topological polar surface area (TPSA) is 58.2 Å². The first kappa shape index (κ1) is 20.8. The van der Waals surface area contributed by atoms with Gasteiger partial charge in [-0.2, -0.15) is 13.2 Å². The molecular formula is C19H18ClF3N2O2. The third kappa shape index (κ3) is 6.60. The molecular weight excluding hydrogens is 381 g/mol. The van der Waals surface area contributed by atoms with Crippen LogP contribution in [0.5, 0.6) is 0 Å². The second-order valence-corrected chi connectivity index (χ2v) is 6.21. The normalized spacial score (nSPS) is 11.1. The lowest BCUT2D eigenvalue weighted by Gasteiger charge is -2.13. The monoisotopic (exact) mass is 398 g/mol. The second kappa shape index (κ2) is 9.41. The number of nitrogens with one attached hydrogen (secondary N) is 2. The predicted molar refractivity (Wildman–Crippen MR) is 96.6 cm³/mol. The van der Waals surface area contributed by atoms with Crippen LogP contribution in [0.25, 0.3) is 0 Å². The van der Waals surface area contributed by atoms with Gasteiger partial charge in [0, 0.05) is 24.5 Å². The number of hydrogen-bond acceptors (Lipinski definition) is 2. The van der Waals surface area contributed by atoms with Crippen LogP contribution in [0.2, 0.25) is 5.02 Å². The van der Waals surface area contributed by atoms with E-state index in [1.165, 1.54) is 12.1 Å². The van der Waals surface area contributed by atoms with E-state index in [-0.39, 0.29) is 25.4 Å². The van der Waals surface area contributed by atoms with Crippen molar-refractivity contribution in [1.29, 1.82) is 0 Å². The molecule has 0 heterocycles. The minimum absolute atomic E-state index is 0.0255. The van der Waals surface area contributed by atoms with Gasteiger partial charge in [-0.3, -0.25) is 9.59 Å². The summed E-state index contributed by atoms with van der Waals surface area (Å²) in [5.74, 6) is -1.05. The average molecular weight is 399 g/mol. The number of halogens is 4. The lowest BCUT2D eigenvalue weighted by Crippen LogP contribution is -2.35. The van der Waals surface area contributed by atoms with Crippen molar-refractivity contribution in [2.45, 2.75) is 19.0 Å². The molecule has 4 nitrogen and oxygen atoms in total. The highest BCUT2D eigenvalue weighted by Crippen LogP contribution is 2.31. The highest BCUT2D eigenvalue weighted by molar-refractivity contribution is 6.30. The third-order valence-corrected chi connectivity index (χ3v) is 4.02. The number of aryl methyl sites for hydroxylation is 1. The molecule has 2 aromatic rings. The zero-order chi connectivity index (χ0) is 19.9. The number of amides is 2. The van der Waals surface area contributed by atoms with E-state index in [9.17, 15) is 22.8 Å². The first-order valence-electron chi connectivity index (χ1n) is 8.23. The van der Waals surface area contributed by atoms with Gasteiger partial charge in [0.15, 0.2) is 0 Å². The van der Waals surface area contributed by atoms with Crippen molar-refractivity contribution < 1.29 is 22.8 Å². The molecule has 0 spiro atoms. The number of rotatable bonds is 7. The van der Waals surface area contributed by atoms with Gasteiger partial charge in [0.1, 0.15) is 0 Å². The summed E-state index contributed by atoms with van der Waals surface area (Å²) < 4.78 is 38.7. The van der Waals surface area contributed by atoms with Gasteiger partial charge < -0.3 is 10.6 Å². The van der Waals surface area contributed by atoms with Crippen LogP contribution in [-0.2, 0) is 17.4 Å². The zero-order valence-electron chi connectivity index (χ0n) is 14.3. The van der Waals surface area contributed by atoms with Crippen LogP contribution in [0.3, 0.4) is 0 Å². The van der Waals surface area contributed by atoms with Crippen molar-refractivity contribution >= 4 is 23.4 Å².